The highest BCUT2D eigenvalue weighted by Gasteiger charge is 2.30. The Hall–Kier alpha value is -2.72. The zero-order chi connectivity index (χ0) is 19.7. The molecule has 0 aliphatic carbocycles. The highest BCUT2D eigenvalue weighted by molar-refractivity contribution is 7.80. The van der Waals surface area contributed by atoms with Crippen molar-refractivity contribution in [3.8, 4) is 11.5 Å². The SMILES string of the molecule is O=S([O-])Nc1ccc(NS(=O)[O-])c(C2c3ccccc3Oc3ccccc32)c1. The minimum absolute atomic E-state index is 0.326. The number of rotatable bonds is 5. The molecule has 0 radical (unpaired) electrons. The summed E-state index contributed by atoms with van der Waals surface area (Å²) in [6.07, 6.45) is 0. The van der Waals surface area contributed by atoms with Gasteiger partial charge in [-0.3, -0.25) is 8.42 Å². The molecule has 3 aromatic carbocycles. The maximum Gasteiger partial charge on any atom is 0.131 e. The Morgan fingerprint density at radius 3 is 1.89 bits per heavy atom. The summed E-state index contributed by atoms with van der Waals surface area (Å²) >= 11 is -5.04. The molecule has 1 aliphatic rings. The standard InChI is InChI=1S/C19H16N2O5S2/c22-27(23)20-12-9-10-16(21-28(24)25)15(11-12)19-13-5-1-3-7-17(13)26-18-8-4-2-6-14(18)19/h1-11,19-21H,(H,22,23)(H,24,25)/p-2. The molecule has 2 atom stereocenters. The van der Waals surface area contributed by atoms with Crippen molar-refractivity contribution in [3.05, 3.63) is 83.4 Å². The molecule has 0 amide bonds. The molecular formula is C19H14N2O5S2-2. The van der Waals surface area contributed by atoms with Crippen molar-refractivity contribution in [3.63, 3.8) is 0 Å². The Bertz CT molecular complexity index is 1040. The summed E-state index contributed by atoms with van der Waals surface area (Å²) < 4.78 is 55.5. The molecule has 3 aromatic rings. The molecule has 0 saturated heterocycles. The number of hydrogen-bond donors (Lipinski definition) is 2. The normalized spacial score (nSPS) is 14.9. The zero-order valence-corrected chi connectivity index (χ0v) is 15.9. The van der Waals surface area contributed by atoms with Gasteiger partial charge >= 0.3 is 0 Å². The van der Waals surface area contributed by atoms with E-state index < -0.39 is 22.5 Å². The maximum atomic E-state index is 11.3. The minimum Gasteiger partial charge on any atom is -0.755 e. The first kappa shape index (κ1) is 18.6. The molecule has 28 heavy (non-hydrogen) atoms. The molecule has 2 unspecified atom stereocenters. The molecule has 0 spiro atoms. The van der Waals surface area contributed by atoms with E-state index in [1.54, 1.807) is 6.07 Å². The summed E-state index contributed by atoms with van der Waals surface area (Å²) in [5, 5.41) is 0. The lowest BCUT2D eigenvalue weighted by Crippen LogP contribution is -2.15. The minimum atomic E-state index is -2.54. The van der Waals surface area contributed by atoms with Gasteiger partial charge in [-0.05, 0) is 35.9 Å². The molecule has 4 rings (SSSR count). The fourth-order valence-electron chi connectivity index (χ4n) is 3.39. The average Bonchev–Trinajstić information content (AvgIpc) is 2.66. The first-order valence-corrected chi connectivity index (χ1v) is 10.4. The van der Waals surface area contributed by atoms with Gasteiger partial charge < -0.3 is 23.3 Å². The lowest BCUT2D eigenvalue weighted by Gasteiger charge is -2.30. The van der Waals surface area contributed by atoms with Crippen LogP contribution in [0.2, 0.25) is 0 Å². The van der Waals surface area contributed by atoms with Crippen LogP contribution >= 0.6 is 0 Å². The summed E-state index contributed by atoms with van der Waals surface area (Å²) in [7, 11) is 0. The van der Waals surface area contributed by atoms with Crippen LogP contribution in [0.5, 0.6) is 11.5 Å². The third-order valence-corrected chi connectivity index (χ3v) is 5.23. The van der Waals surface area contributed by atoms with E-state index in [0.717, 1.165) is 11.1 Å². The zero-order valence-electron chi connectivity index (χ0n) is 14.3. The van der Waals surface area contributed by atoms with Crippen LogP contribution in [0.1, 0.15) is 22.6 Å². The predicted molar refractivity (Wildman–Crippen MR) is 105 cm³/mol. The molecular weight excluding hydrogens is 400 g/mol. The van der Waals surface area contributed by atoms with Gasteiger partial charge in [0.15, 0.2) is 0 Å². The number of fused-ring (bicyclic) bond motifs is 2. The van der Waals surface area contributed by atoms with E-state index in [-0.39, 0.29) is 5.92 Å². The van der Waals surface area contributed by atoms with Crippen LogP contribution in [0.3, 0.4) is 0 Å². The van der Waals surface area contributed by atoms with E-state index in [1.165, 1.54) is 12.1 Å². The number of benzene rings is 3. The number of anilines is 2. The van der Waals surface area contributed by atoms with Crippen molar-refractivity contribution in [1.29, 1.82) is 0 Å². The van der Waals surface area contributed by atoms with Gasteiger partial charge in [-0.1, -0.05) is 36.4 Å². The van der Waals surface area contributed by atoms with Crippen LogP contribution < -0.4 is 14.2 Å². The van der Waals surface area contributed by atoms with Crippen LogP contribution in [0.25, 0.3) is 0 Å². The van der Waals surface area contributed by atoms with E-state index in [1.807, 2.05) is 48.5 Å². The van der Waals surface area contributed by atoms with Crippen LogP contribution in [-0.2, 0) is 22.5 Å². The Morgan fingerprint density at radius 1 is 0.750 bits per heavy atom. The average molecular weight is 414 g/mol. The first-order chi connectivity index (χ1) is 13.5. The molecule has 0 saturated carbocycles. The van der Waals surface area contributed by atoms with Gasteiger partial charge in [-0.2, -0.15) is 0 Å². The summed E-state index contributed by atoms with van der Waals surface area (Å²) in [6.45, 7) is 0. The third kappa shape index (κ3) is 3.65. The van der Waals surface area contributed by atoms with Crippen molar-refractivity contribution in [2.45, 2.75) is 5.92 Å². The lowest BCUT2D eigenvalue weighted by atomic mass is 9.82. The highest BCUT2D eigenvalue weighted by atomic mass is 32.2. The van der Waals surface area contributed by atoms with Crippen molar-refractivity contribution in [2.24, 2.45) is 0 Å². The smallest absolute Gasteiger partial charge is 0.131 e. The van der Waals surface area contributed by atoms with E-state index in [9.17, 15) is 17.5 Å². The van der Waals surface area contributed by atoms with Gasteiger partial charge in [-0.15, -0.1) is 0 Å². The molecule has 0 aromatic heterocycles. The summed E-state index contributed by atoms with van der Waals surface area (Å²) in [5.74, 6) is 0.964. The van der Waals surface area contributed by atoms with Crippen molar-refractivity contribution in [2.75, 3.05) is 9.44 Å². The fraction of sp³-hybridized carbons (Fsp3) is 0.0526. The molecule has 144 valence electrons. The van der Waals surface area contributed by atoms with Gasteiger partial charge in [0.25, 0.3) is 0 Å². The Balaban J connectivity index is 1.94. The predicted octanol–water partition coefficient (Wildman–Crippen LogP) is 3.38. The number of para-hydroxylation sites is 2. The second-order valence-corrected chi connectivity index (χ2v) is 7.43. The van der Waals surface area contributed by atoms with E-state index in [4.69, 9.17) is 4.74 Å². The summed E-state index contributed by atoms with van der Waals surface area (Å²) in [6, 6.07) is 19.6. The molecule has 9 heteroatoms. The Labute approximate surface area is 166 Å². The van der Waals surface area contributed by atoms with Crippen molar-refractivity contribution < 1.29 is 22.3 Å². The molecule has 7 nitrogen and oxygen atoms in total. The molecule has 1 aliphatic heterocycles. The van der Waals surface area contributed by atoms with Crippen LogP contribution in [0.15, 0.2) is 66.7 Å². The van der Waals surface area contributed by atoms with Crippen molar-refractivity contribution in [1.82, 2.24) is 0 Å². The molecule has 0 fully saturated rings. The van der Waals surface area contributed by atoms with Gasteiger partial charge in [0.2, 0.25) is 0 Å². The van der Waals surface area contributed by atoms with Gasteiger partial charge in [0.1, 0.15) is 11.5 Å². The lowest BCUT2D eigenvalue weighted by molar-refractivity contribution is 0.453. The van der Waals surface area contributed by atoms with Crippen LogP contribution in [0.4, 0.5) is 11.4 Å². The number of ether oxygens (including phenoxy) is 1. The molecule has 0 bridgehead atoms. The number of nitrogens with one attached hydrogen (secondary N) is 2. The van der Waals surface area contributed by atoms with Crippen LogP contribution in [0, 0.1) is 0 Å². The van der Waals surface area contributed by atoms with Gasteiger partial charge in [0.05, 0.1) is 0 Å². The summed E-state index contributed by atoms with van der Waals surface area (Å²) in [5.41, 5.74) is 2.98. The first-order valence-electron chi connectivity index (χ1n) is 8.24. The van der Waals surface area contributed by atoms with E-state index in [2.05, 4.69) is 9.44 Å². The van der Waals surface area contributed by atoms with Crippen molar-refractivity contribution >= 4 is 33.9 Å². The third-order valence-electron chi connectivity index (χ3n) is 4.44. The van der Waals surface area contributed by atoms with Gasteiger partial charge in [0, 0.05) is 51.0 Å². The molecule has 2 N–H and O–H groups in total. The van der Waals surface area contributed by atoms with E-state index in [0.29, 0.717) is 28.4 Å². The monoisotopic (exact) mass is 414 g/mol. The largest absolute Gasteiger partial charge is 0.755 e. The quantitative estimate of drug-likeness (QED) is 0.486. The topological polar surface area (TPSA) is 114 Å². The Kier molecular flexibility index (Phi) is 5.14. The van der Waals surface area contributed by atoms with Gasteiger partial charge in [-0.25, -0.2) is 0 Å². The highest BCUT2D eigenvalue weighted by Crippen LogP contribution is 2.49. The number of hydrogen-bond acceptors (Lipinski definition) is 5. The molecule has 1 heterocycles. The van der Waals surface area contributed by atoms with E-state index >= 15 is 0 Å². The second-order valence-electron chi connectivity index (χ2n) is 6.09. The maximum absolute atomic E-state index is 11.3. The Morgan fingerprint density at radius 2 is 1.32 bits per heavy atom. The second kappa shape index (κ2) is 7.72. The summed E-state index contributed by atoms with van der Waals surface area (Å²) in [4.78, 5) is 0. The van der Waals surface area contributed by atoms with Crippen LogP contribution in [-0.4, -0.2) is 17.5 Å². The fourth-order valence-corrected chi connectivity index (χ4v) is 4.07.